The number of fused-ring (bicyclic) bond motifs is 5. The quantitative estimate of drug-likeness (QED) is 0.430. The molecule has 0 amide bonds. The van der Waals surface area contributed by atoms with Crippen LogP contribution in [0.25, 0.3) is 0 Å². The van der Waals surface area contributed by atoms with Crippen molar-refractivity contribution in [3.63, 3.8) is 0 Å². The summed E-state index contributed by atoms with van der Waals surface area (Å²) in [5, 5.41) is 10.2. The average molecular weight is 427 g/mol. The van der Waals surface area contributed by atoms with Crippen molar-refractivity contribution in [2.24, 2.45) is 46.3 Å². The minimum Gasteiger partial charge on any atom is -0.454 e. The number of cyclic esters (lactones) is 1. The number of carbonyl (C=O) groups excluding carboxylic acids is 1. The van der Waals surface area contributed by atoms with E-state index in [1.807, 2.05) is 0 Å². The van der Waals surface area contributed by atoms with Gasteiger partial charge in [0.25, 0.3) is 0 Å². The van der Waals surface area contributed by atoms with E-state index in [-0.39, 0.29) is 34.7 Å². The Morgan fingerprint density at radius 1 is 1.06 bits per heavy atom. The maximum atomic E-state index is 12.8. The van der Waals surface area contributed by atoms with Crippen LogP contribution in [0.5, 0.6) is 0 Å². The molecule has 5 aliphatic rings. The first-order chi connectivity index (χ1) is 14.6. The van der Waals surface area contributed by atoms with Gasteiger partial charge in [0.1, 0.15) is 5.60 Å². The van der Waals surface area contributed by atoms with Crippen LogP contribution in [0.3, 0.4) is 0 Å². The number of ether oxygens (including phenoxy) is 1. The van der Waals surface area contributed by atoms with Crippen molar-refractivity contribution in [1.82, 2.24) is 0 Å². The van der Waals surface area contributed by atoms with E-state index in [1.165, 1.54) is 25.7 Å². The molecular formula is C28H42O3. The minimum atomic E-state index is -0.465. The van der Waals surface area contributed by atoms with Crippen LogP contribution >= 0.6 is 0 Å². The molecule has 0 aromatic heterocycles. The molecule has 1 heterocycles. The lowest BCUT2D eigenvalue weighted by Crippen LogP contribution is -2.54. The Morgan fingerprint density at radius 3 is 2.55 bits per heavy atom. The van der Waals surface area contributed by atoms with Gasteiger partial charge in [0.2, 0.25) is 0 Å². The van der Waals surface area contributed by atoms with Gasteiger partial charge in [-0.1, -0.05) is 45.4 Å². The second-order valence-electron chi connectivity index (χ2n) is 12.6. The largest absolute Gasteiger partial charge is 0.454 e. The molecule has 3 saturated carbocycles. The SMILES string of the molecule is CC(C)C1C=CC(C)(C2CCC3C4CC=C5CC(O)CCC5(C)C4CCC32C)OC1=O. The number of allylic oxidation sites excluding steroid dienone is 1. The molecule has 0 spiro atoms. The Labute approximate surface area is 188 Å². The van der Waals surface area contributed by atoms with Crippen molar-refractivity contribution in [3.8, 4) is 0 Å². The van der Waals surface area contributed by atoms with Gasteiger partial charge in [0.15, 0.2) is 0 Å². The number of esters is 1. The van der Waals surface area contributed by atoms with Crippen LogP contribution in [0, 0.1) is 46.3 Å². The minimum absolute atomic E-state index is 0.0285. The Morgan fingerprint density at radius 2 is 1.84 bits per heavy atom. The highest BCUT2D eigenvalue weighted by molar-refractivity contribution is 5.76. The Bertz CT molecular complexity index is 811. The molecule has 3 heteroatoms. The average Bonchev–Trinajstić information content (AvgIpc) is 3.06. The fourth-order valence-electron chi connectivity index (χ4n) is 8.96. The summed E-state index contributed by atoms with van der Waals surface area (Å²) in [6.07, 6.45) is 15.9. The van der Waals surface area contributed by atoms with E-state index in [0.29, 0.717) is 11.8 Å². The number of aliphatic hydroxyl groups excluding tert-OH is 1. The van der Waals surface area contributed by atoms with Crippen molar-refractivity contribution in [2.75, 3.05) is 0 Å². The first kappa shape index (κ1) is 21.7. The van der Waals surface area contributed by atoms with Crippen LogP contribution in [0.4, 0.5) is 0 Å². The molecule has 4 aliphatic carbocycles. The monoisotopic (exact) mass is 426 g/mol. The van der Waals surface area contributed by atoms with Crippen molar-refractivity contribution in [3.05, 3.63) is 23.8 Å². The molecular weight excluding hydrogens is 384 g/mol. The molecule has 0 aromatic rings. The maximum Gasteiger partial charge on any atom is 0.313 e. The first-order valence-electron chi connectivity index (χ1n) is 12.9. The van der Waals surface area contributed by atoms with Crippen LogP contribution in [0.15, 0.2) is 23.8 Å². The molecule has 5 rings (SSSR count). The first-order valence-corrected chi connectivity index (χ1v) is 12.9. The van der Waals surface area contributed by atoms with Gasteiger partial charge in [-0.3, -0.25) is 4.79 Å². The van der Waals surface area contributed by atoms with Crippen LogP contribution in [0.1, 0.15) is 86.0 Å². The highest BCUT2D eigenvalue weighted by Gasteiger charge is 2.62. The standard InChI is InChI=1S/C28H42O3/c1-17(2)20-11-15-28(5,31-25(20)30)24-9-8-22-21-7-6-18-16-19(29)10-13-26(18,3)23(21)12-14-27(22,24)4/h6,11,15,17,19-24,29H,7-10,12-14,16H2,1-5H3. The van der Waals surface area contributed by atoms with Crippen LogP contribution in [0.2, 0.25) is 0 Å². The van der Waals surface area contributed by atoms with Gasteiger partial charge in [-0.05, 0) is 98.9 Å². The van der Waals surface area contributed by atoms with Gasteiger partial charge in [0.05, 0.1) is 12.0 Å². The van der Waals surface area contributed by atoms with Crippen LogP contribution < -0.4 is 0 Å². The molecule has 9 unspecified atom stereocenters. The highest BCUT2D eigenvalue weighted by atomic mass is 16.6. The van der Waals surface area contributed by atoms with E-state index >= 15 is 0 Å². The number of carbonyl (C=O) groups is 1. The lowest BCUT2D eigenvalue weighted by Gasteiger charge is -2.59. The molecule has 172 valence electrons. The summed E-state index contributed by atoms with van der Waals surface area (Å²) in [6.45, 7) is 11.4. The molecule has 1 N–H and O–H groups in total. The molecule has 0 radical (unpaired) electrons. The molecule has 9 atom stereocenters. The number of hydrogen-bond donors (Lipinski definition) is 1. The topological polar surface area (TPSA) is 46.5 Å². The molecule has 31 heavy (non-hydrogen) atoms. The summed E-state index contributed by atoms with van der Waals surface area (Å²) in [7, 11) is 0. The van der Waals surface area contributed by atoms with E-state index in [9.17, 15) is 9.90 Å². The Hall–Kier alpha value is -1.09. The summed E-state index contributed by atoms with van der Waals surface area (Å²) in [5.41, 5.74) is 1.60. The molecule has 3 fully saturated rings. The molecule has 1 aliphatic heterocycles. The van der Waals surface area contributed by atoms with Crippen molar-refractivity contribution in [2.45, 2.75) is 97.7 Å². The Balaban J connectivity index is 1.42. The summed E-state index contributed by atoms with van der Waals surface area (Å²) < 4.78 is 6.23. The third kappa shape index (κ3) is 3.12. The predicted octanol–water partition coefficient (Wildman–Crippen LogP) is 6.07. The van der Waals surface area contributed by atoms with Gasteiger partial charge in [-0.15, -0.1) is 0 Å². The van der Waals surface area contributed by atoms with Gasteiger partial charge in [0, 0.05) is 5.92 Å². The van der Waals surface area contributed by atoms with E-state index < -0.39 is 5.60 Å². The third-order valence-electron chi connectivity index (χ3n) is 10.7. The number of hydrogen-bond acceptors (Lipinski definition) is 3. The molecule has 0 saturated heterocycles. The van der Waals surface area contributed by atoms with Crippen LogP contribution in [-0.4, -0.2) is 22.8 Å². The van der Waals surface area contributed by atoms with Gasteiger partial charge < -0.3 is 9.84 Å². The maximum absolute atomic E-state index is 12.8. The van der Waals surface area contributed by atoms with Crippen LogP contribution in [-0.2, 0) is 9.53 Å². The smallest absolute Gasteiger partial charge is 0.313 e. The van der Waals surface area contributed by atoms with Crippen molar-refractivity contribution in [1.29, 1.82) is 0 Å². The summed E-state index contributed by atoms with van der Waals surface area (Å²) >= 11 is 0. The zero-order chi connectivity index (χ0) is 22.2. The molecule has 3 nitrogen and oxygen atoms in total. The van der Waals surface area contributed by atoms with Gasteiger partial charge >= 0.3 is 5.97 Å². The van der Waals surface area contributed by atoms with E-state index in [0.717, 1.165) is 37.5 Å². The lowest BCUT2D eigenvalue weighted by molar-refractivity contribution is -0.172. The molecule has 0 bridgehead atoms. The number of rotatable bonds is 2. The fraction of sp³-hybridized carbons (Fsp3) is 0.821. The van der Waals surface area contributed by atoms with E-state index in [1.54, 1.807) is 5.57 Å². The summed E-state index contributed by atoms with van der Waals surface area (Å²) in [5.74, 6) is 2.77. The van der Waals surface area contributed by atoms with Crippen molar-refractivity contribution < 1.29 is 14.6 Å². The third-order valence-corrected chi connectivity index (χ3v) is 10.7. The van der Waals surface area contributed by atoms with E-state index in [4.69, 9.17) is 4.74 Å². The highest BCUT2D eigenvalue weighted by Crippen LogP contribution is 2.68. The zero-order valence-corrected chi connectivity index (χ0v) is 20.2. The molecule has 0 aromatic carbocycles. The van der Waals surface area contributed by atoms with Gasteiger partial charge in [-0.2, -0.15) is 0 Å². The summed E-state index contributed by atoms with van der Waals surface area (Å²) in [6, 6.07) is 0. The predicted molar refractivity (Wildman–Crippen MR) is 123 cm³/mol. The second kappa shape index (κ2) is 7.20. The van der Waals surface area contributed by atoms with E-state index in [2.05, 4.69) is 52.8 Å². The zero-order valence-electron chi connectivity index (χ0n) is 20.2. The lowest BCUT2D eigenvalue weighted by atomic mass is 9.46. The van der Waals surface area contributed by atoms with Gasteiger partial charge in [-0.25, -0.2) is 0 Å². The summed E-state index contributed by atoms with van der Waals surface area (Å²) in [4.78, 5) is 12.8. The fourth-order valence-corrected chi connectivity index (χ4v) is 8.96. The number of aliphatic hydroxyl groups is 1. The Kier molecular flexibility index (Phi) is 5.05. The second-order valence-corrected chi connectivity index (χ2v) is 12.6. The normalized spacial score (nSPS) is 51.6. The van der Waals surface area contributed by atoms with Crippen molar-refractivity contribution >= 4 is 5.97 Å².